The summed E-state index contributed by atoms with van der Waals surface area (Å²) in [7, 11) is 0. The lowest BCUT2D eigenvalue weighted by Crippen LogP contribution is -2.44. The van der Waals surface area contributed by atoms with Crippen molar-refractivity contribution in [3.63, 3.8) is 0 Å². The Balaban J connectivity index is 1.80. The van der Waals surface area contributed by atoms with Gasteiger partial charge in [0.1, 0.15) is 0 Å². The number of amides is 1. The Labute approximate surface area is 107 Å². The average Bonchev–Trinajstić information content (AvgIpc) is 2.40. The molecule has 0 bridgehead atoms. The van der Waals surface area contributed by atoms with E-state index in [2.05, 4.69) is 15.6 Å². The monoisotopic (exact) mass is 249 g/mol. The number of carbonyl (C=O) groups is 1. The Hall–Kier alpha value is -1.46. The summed E-state index contributed by atoms with van der Waals surface area (Å²) >= 11 is 0. The minimum Gasteiger partial charge on any atom is -0.378 e. The van der Waals surface area contributed by atoms with Gasteiger partial charge in [0.15, 0.2) is 0 Å². The van der Waals surface area contributed by atoms with Gasteiger partial charge < -0.3 is 15.4 Å². The zero-order valence-electron chi connectivity index (χ0n) is 10.6. The number of carbonyl (C=O) groups excluding carboxylic acids is 1. The van der Waals surface area contributed by atoms with E-state index >= 15 is 0 Å². The number of hydrogen-bond acceptors (Lipinski definition) is 4. The van der Waals surface area contributed by atoms with E-state index in [1.807, 2.05) is 25.1 Å². The zero-order chi connectivity index (χ0) is 12.8. The van der Waals surface area contributed by atoms with Crippen LogP contribution >= 0.6 is 0 Å². The van der Waals surface area contributed by atoms with Crippen molar-refractivity contribution >= 4 is 5.91 Å². The molecule has 2 rings (SSSR count). The number of ether oxygens (including phenoxy) is 1. The van der Waals surface area contributed by atoms with Crippen LogP contribution in [0.5, 0.6) is 0 Å². The second-order valence-corrected chi connectivity index (χ2v) is 4.47. The lowest BCUT2D eigenvalue weighted by molar-refractivity contribution is -0.122. The molecule has 1 fully saturated rings. The minimum absolute atomic E-state index is 0.0242. The first-order valence-electron chi connectivity index (χ1n) is 6.27. The lowest BCUT2D eigenvalue weighted by atomic mass is 10.1. The van der Waals surface area contributed by atoms with Gasteiger partial charge in [-0.15, -0.1) is 0 Å². The van der Waals surface area contributed by atoms with Crippen LogP contribution in [-0.4, -0.2) is 36.7 Å². The van der Waals surface area contributed by atoms with Gasteiger partial charge in [0.05, 0.1) is 24.9 Å². The molecular weight excluding hydrogens is 230 g/mol. The molecule has 98 valence electrons. The highest BCUT2D eigenvalue weighted by atomic mass is 16.5. The van der Waals surface area contributed by atoms with Crippen molar-refractivity contribution in [2.75, 3.05) is 19.8 Å². The maximum Gasteiger partial charge on any atom is 0.222 e. The van der Waals surface area contributed by atoms with Crippen molar-refractivity contribution in [3.05, 3.63) is 30.1 Å². The SMILES string of the molecule is C[C@H](NC(=O)CC1COCCN1)c1ccccn1. The van der Waals surface area contributed by atoms with E-state index in [-0.39, 0.29) is 18.0 Å². The summed E-state index contributed by atoms with van der Waals surface area (Å²) in [5.41, 5.74) is 0.874. The highest BCUT2D eigenvalue weighted by molar-refractivity contribution is 5.77. The van der Waals surface area contributed by atoms with Gasteiger partial charge in [-0.05, 0) is 19.1 Å². The number of nitrogens with zero attached hydrogens (tertiary/aromatic N) is 1. The van der Waals surface area contributed by atoms with Gasteiger partial charge in [0, 0.05) is 25.2 Å². The van der Waals surface area contributed by atoms with Crippen LogP contribution in [0.4, 0.5) is 0 Å². The second kappa shape index (κ2) is 6.47. The number of rotatable bonds is 4. The molecular formula is C13H19N3O2. The molecule has 2 atom stereocenters. The standard InChI is InChI=1S/C13H19N3O2/c1-10(12-4-2-3-5-15-12)16-13(17)8-11-9-18-7-6-14-11/h2-5,10-11,14H,6-9H2,1H3,(H,16,17)/t10-,11?/m0/s1. The molecule has 1 aliphatic heterocycles. The molecule has 1 aromatic rings. The molecule has 0 saturated carbocycles. The van der Waals surface area contributed by atoms with Crippen molar-refractivity contribution in [2.45, 2.75) is 25.4 Å². The van der Waals surface area contributed by atoms with Gasteiger partial charge >= 0.3 is 0 Å². The Kier molecular flexibility index (Phi) is 4.66. The van der Waals surface area contributed by atoms with Crippen LogP contribution < -0.4 is 10.6 Å². The quantitative estimate of drug-likeness (QED) is 0.822. The van der Waals surface area contributed by atoms with Gasteiger partial charge in [-0.25, -0.2) is 0 Å². The van der Waals surface area contributed by atoms with Crippen LogP contribution in [0, 0.1) is 0 Å². The maximum atomic E-state index is 11.9. The summed E-state index contributed by atoms with van der Waals surface area (Å²) in [4.78, 5) is 16.1. The number of pyridine rings is 1. The number of aromatic nitrogens is 1. The predicted molar refractivity (Wildman–Crippen MR) is 68.0 cm³/mol. The number of hydrogen-bond donors (Lipinski definition) is 2. The van der Waals surface area contributed by atoms with Crippen molar-refractivity contribution < 1.29 is 9.53 Å². The van der Waals surface area contributed by atoms with E-state index in [1.165, 1.54) is 0 Å². The topological polar surface area (TPSA) is 63.2 Å². The molecule has 0 radical (unpaired) electrons. The molecule has 5 heteroatoms. The van der Waals surface area contributed by atoms with E-state index < -0.39 is 0 Å². The van der Waals surface area contributed by atoms with Gasteiger partial charge in [-0.1, -0.05) is 6.07 Å². The van der Waals surface area contributed by atoms with Gasteiger partial charge in [0.2, 0.25) is 5.91 Å². The van der Waals surface area contributed by atoms with Crippen LogP contribution in [0.3, 0.4) is 0 Å². The molecule has 5 nitrogen and oxygen atoms in total. The summed E-state index contributed by atoms with van der Waals surface area (Å²) in [6, 6.07) is 5.74. The fraction of sp³-hybridized carbons (Fsp3) is 0.538. The highest BCUT2D eigenvalue weighted by Crippen LogP contribution is 2.08. The fourth-order valence-electron chi connectivity index (χ4n) is 1.98. The fourth-order valence-corrected chi connectivity index (χ4v) is 1.98. The minimum atomic E-state index is -0.0665. The lowest BCUT2D eigenvalue weighted by Gasteiger charge is -2.24. The second-order valence-electron chi connectivity index (χ2n) is 4.47. The Morgan fingerprint density at radius 1 is 1.67 bits per heavy atom. The van der Waals surface area contributed by atoms with Crippen LogP contribution in [0.1, 0.15) is 25.1 Å². The normalized spacial score (nSPS) is 21.3. The summed E-state index contributed by atoms with van der Waals surface area (Å²) in [5.74, 6) is 0.0242. The predicted octanol–water partition coefficient (Wildman–Crippen LogP) is 0.637. The van der Waals surface area contributed by atoms with Crippen molar-refractivity contribution in [2.24, 2.45) is 0 Å². The molecule has 2 N–H and O–H groups in total. The average molecular weight is 249 g/mol. The summed E-state index contributed by atoms with van der Waals surface area (Å²) in [5, 5.41) is 6.21. The molecule has 0 spiro atoms. The highest BCUT2D eigenvalue weighted by Gasteiger charge is 2.18. The molecule has 0 aromatic carbocycles. The molecule has 1 saturated heterocycles. The van der Waals surface area contributed by atoms with E-state index in [1.54, 1.807) is 6.20 Å². The summed E-state index contributed by atoms with van der Waals surface area (Å²) < 4.78 is 5.32. The van der Waals surface area contributed by atoms with Crippen molar-refractivity contribution in [1.82, 2.24) is 15.6 Å². The van der Waals surface area contributed by atoms with Gasteiger partial charge in [0.25, 0.3) is 0 Å². The van der Waals surface area contributed by atoms with Crippen molar-refractivity contribution in [3.8, 4) is 0 Å². The molecule has 1 aliphatic rings. The Bertz CT molecular complexity index is 377. The van der Waals surface area contributed by atoms with E-state index in [0.29, 0.717) is 13.0 Å². The molecule has 2 heterocycles. The van der Waals surface area contributed by atoms with Crippen LogP contribution in [0.15, 0.2) is 24.4 Å². The van der Waals surface area contributed by atoms with Gasteiger partial charge in [-0.3, -0.25) is 9.78 Å². The van der Waals surface area contributed by atoms with Crippen LogP contribution in [0.25, 0.3) is 0 Å². The Morgan fingerprint density at radius 3 is 3.22 bits per heavy atom. The largest absolute Gasteiger partial charge is 0.378 e. The number of morpholine rings is 1. The smallest absolute Gasteiger partial charge is 0.222 e. The molecule has 1 unspecified atom stereocenters. The molecule has 0 aliphatic carbocycles. The number of nitrogens with one attached hydrogen (secondary N) is 2. The molecule has 18 heavy (non-hydrogen) atoms. The van der Waals surface area contributed by atoms with Crippen LogP contribution in [0.2, 0.25) is 0 Å². The van der Waals surface area contributed by atoms with Gasteiger partial charge in [-0.2, -0.15) is 0 Å². The van der Waals surface area contributed by atoms with E-state index in [4.69, 9.17) is 4.74 Å². The summed E-state index contributed by atoms with van der Waals surface area (Å²) in [6.45, 7) is 4.08. The maximum absolute atomic E-state index is 11.9. The first-order chi connectivity index (χ1) is 8.75. The first kappa shape index (κ1) is 13.0. The van der Waals surface area contributed by atoms with E-state index in [9.17, 15) is 4.79 Å². The molecule has 1 aromatic heterocycles. The zero-order valence-corrected chi connectivity index (χ0v) is 10.6. The van der Waals surface area contributed by atoms with Crippen LogP contribution in [-0.2, 0) is 9.53 Å². The molecule has 1 amide bonds. The summed E-state index contributed by atoms with van der Waals surface area (Å²) in [6.07, 6.45) is 2.17. The Morgan fingerprint density at radius 2 is 2.56 bits per heavy atom. The third-order valence-electron chi connectivity index (χ3n) is 2.94. The third-order valence-corrected chi connectivity index (χ3v) is 2.94. The van der Waals surface area contributed by atoms with E-state index in [0.717, 1.165) is 18.8 Å². The first-order valence-corrected chi connectivity index (χ1v) is 6.27. The third kappa shape index (κ3) is 3.78. The van der Waals surface area contributed by atoms with Crippen molar-refractivity contribution in [1.29, 1.82) is 0 Å².